The van der Waals surface area contributed by atoms with Crippen LogP contribution in [0.4, 0.5) is 23.7 Å². The van der Waals surface area contributed by atoms with Crippen molar-refractivity contribution in [2.45, 2.75) is 25.1 Å². The highest BCUT2D eigenvalue weighted by atomic mass is 19.4. The van der Waals surface area contributed by atoms with Crippen molar-refractivity contribution in [3.8, 4) is 5.75 Å². The number of alkyl halides is 3. The van der Waals surface area contributed by atoms with Crippen LogP contribution in [-0.2, 0) is 6.18 Å². The number of hydrogen-bond acceptors (Lipinski definition) is 5. The molecule has 1 amide bonds. The fraction of sp³-hybridized carbons (Fsp3) is 0.462. The first-order chi connectivity index (χ1) is 10.7. The van der Waals surface area contributed by atoms with Crippen LogP contribution in [0.2, 0.25) is 0 Å². The monoisotopic (exact) mass is 333 g/mol. The van der Waals surface area contributed by atoms with E-state index in [1.165, 1.54) is 0 Å². The molecule has 1 saturated heterocycles. The van der Waals surface area contributed by atoms with Gasteiger partial charge in [0.05, 0.1) is 17.0 Å². The molecule has 1 aliphatic rings. The van der Waals surface area contributed by atoms with Crippen molar-refractivity contribution < 1.29 is 32.7 Å². The van der Waals surface area contributed by atoms with Gasteiger partial charge in [-0.15, -0.1) is 0 Å². The van der Waals surface area contributed by atoms with Crippen LogP contribution in [0.1, 0.15) is 18.4 Å². The van der Waals surface area contributed by atoms with Crippen LogP contribution in [0.25, 0.3) is 0 Å². The van der Waals surface area contributed by atoms with Gasteiger partial charge in [-0.05, 0) is 25.0 Å². The van der Waals surface area contributed by atoms with Crippen LogP contribution in [0.5, 0.6) is 5.75 Å². The lowest BCUT2D eigenvalue weighted by molar-refractivity contribution is -0.386. The Morgan fingerprint density at radius 2 is 2.09 bits per heavy atom. The molecule has 1 aliphatic heterocycles. The number of nitrogens with zero attached hydrogens (tertiary/aromatic N) is 2. The number of piperidine rings is 1. The lowest BCUT2D eigenvalue weighted by Crippen LogP contribution is -2.49. The summed E-state index contributed by atoms with van der Waals surface area (Å²) in [5.74, 6) is -0.532. The van der Waals surface area contributed by atoms with Gasteiger partial charge in [0.25, 0.3) is 0 Å². The van der Waals surface area contributed by atoms with E-state index in [1.807, 2.05) is 0 Å². The van der Waals surface area contributed by atoms with Crippen molar-refractivity contribution in [3.05, 3.63) is 33.9 Å². The molecular formula is C13H12F3N2O5-. The molecule has 126 valence electrons. The number of carbonyl (C=O) groups excluding carboxylic acids is 1. The Bertz CT molecular complexity index is 620. The van der Waals surface area contributed by atoms with E-state index in [0.717, 1.165) is 11.0 Å². The molecule has 1 atom stereocenters. The predicted octanol–water partition coefficient (Wildman–Crippen LogP) is 1.80. The number of likely N-dealkylation sites (tertiary alicyclic amines) is 1. The van der Waals surface area contributed by atoms with Gasteiger partial charge in [0.15, 0.2) is 5.75 Å². The number of hydrogen-bond donors (Lipinski definition) is 0. The third-order valence-electron chi connectivity index (χ3n) is 3.41. The fourth-order valence-corrected chi connectivity index (χ4v) is 2.32. The van der Waals surface area contributed by atoms with E-state index in [4.69, 9.17) is 4.74 Å². The number of carboxylic acid groups (broad SMARTS) is 1. The molecular weight excluding hydrogens is 321 g/mol. The van der Waals surface area contributed by atoms with Gasteiger partial charge in [0.1, 0.15) is 12.2 Å². The second-order valence-corrected chi connectivity index (χ2v) is 5.03. The van der Waals surface area contributed by atoms with E-state index < -0.39 is 40.3 Å². The SMILES string of the molecule is O=C([O-])N1CCCC(Oc2cc(C(F)(F)F)ccc2[N+](=O)[O-])C1. The van der Waals surface area contributed by atoms with Crippen LogP contribution in [0, 0.1) is 10.1 Å². The van der Waals surface area contributed by atoms with Crippen LogP contribution < -0.4 is 9.84 Å². The Labute approximate surface area is 128 Å². The highest BCUT2D eigenvalue weighted by Crippen LogP contribution is 2.37. The summed E-state index contributed by atoms with van der Waals surface area (Å²) in [4.78, 5) is 21.8. The molecule has 10 heteroatoms. The Kier molecular flexibility index (Phi) is 4.62. The summed E-state index contributed by atoms with van der Waals surface area (Å²) in [5, 5.41) is 21.7. The maximum Gasteiger partial charge on any atom is 0.416 e. The van der Waals surface area contributed by atoms with E-state index in [0.29, 0.717) is 25.0 Å². The first kappa shape index (κ1) is 16.8. The largest absolute Gasteiger partial charge is 0.530 e. The topological polar surface area (TPSA) is 95.7 Å². The van der Waals surface area contributed by atoms with E-state index >= 15 is 0 Å². The highest BCUT2D eigenvalue weighted by molar-refractivity contribution is 5.62. The quantitative estimate of drug-likeness (QED) is 0.621. The molecule has 1 aromatic carbocycles. The zero-order valence-electron chi connectivity index (χ0n) is 11.7. The third kappa shape index (κ3) is 4.02. The molecule has 0 N–H and O–H groups in total. The minimum absolute atomic E-state index is 0.115. The molecule has 23 heavy (non-hydrogen) atoms. The maximum absolute atomic E-state index is 12.7. The maximum atomic E-state index is 12.7. The van der Waals surface area contributed by atoms with Crippen molar-refractivity contribution in [1.29, 1.82) is 0 Å². The fourth-order valence-electron chi connectivity index (χ4n) is 2.32. The van der Waals surface area contributed by atoms with Gasteiger partial charge >= 0.3 is 11.9 Å². The van der Waals surface area contributed by atoms with E-state index in [2.05, 4.69) is 0 Å². The standard InChI is InChI=1S/C13H13F3N2O5/c14-13(15,16)8-3-4-10(18(21)22)11(6-8)23-9-2-1-5-17(7-9)12(19)20/h3-4,6,9H,1-2,5,7H2,(H,19,20)/p-1. The second kappa shape index (κ2) is 6.31. The van der Waals surface area contributed by atoms with Crippen LogP contribution >= 0.6 is 0 Å². The van der Waals surface area contributed by atoms with E-state index in [-0.39, 0.29) is 13.1 Å². The smallest absolute Gasteiger partial charge is 0.416 e. The minimum Gasteiger partial charge on any atom is -0.530 e. The van der Waals surface area contributed by atoms with Crippen LogP contribution in [0.3, 0.4) is 0 Å². The lowest BCUT2D eigenvalue weighted by Gasteiger charge is -2.34. The zero-order valence-corrected chi connectivity index (χ0v) is 11.7. The number of ether oxygens (including phenoxy) is 1. The molecule has 0 aliphatic carbocycles. The average molecular weight is 333 g/mol. The highest BCUT2D eigenvalue weighted by Gasteiger charge is 2.33. The summed E-state index contributed by atoms with van der Waals surface area (Å²) in [6.07, 6.45) is -6.07. The number of halogens is 3. The molecule has 0 bridgehead atoms. The van der Waals surface area contributed by atoms with E-state index in [9.17, 15) is 33.2 Å². The molecule has 2 rings (SSSR count). The number of nitro benzene ring substituents is 1. The summed E-state index contributed by atoms with van der Waals surface area (Å²) < 4.78 is 43.5. The minimum atomic E-state index is -4.67. The number of benzene rings is 1. The Morgan fingerprint density at radius 1 is 1.39 bits per heavy atom. The van der Waals surface area contributed by atoms with Gasteiger partial charge in [-0.2, -0.15) is 13.2 Å². The summed E-state index contributed by atoms with van der Waals surface area (Å²) >= 11 is 0. The molecule has 1 aromatic rings. The Hall–Kier alpha value is -2.52. The van der Waals surface area contributed by atoms with Crippen LogP contribution in [-0.4, -0.2) is 35.1 Å². The van der Waals surface area contributed by atoms with E-state index in [1.54, 1.807) is 0 Å². The summed E-state index contributed by atoms with van der Waals surface area (Å²) in [5.41, 5.74) is -1.69. The van der Waals surface area contributed by atoms with Crippen molar-refractivity contribution in [2.24, 2.45) is 0 Å². The van der Waals surface area contributed by atoms with Gasteiger partial charge in [-0.25, -0.2) is 0 Å². The summed E-state index contributed by atoms with van der Waals surface area (Å²) in [7, 11) is 0. The lowest BCUT2D eigenvalue weighted by atomic mass is 10.1. The average Bonchev–Trinajstić information content (AvgIpc) is 2.46. The molecule has 0 radical (unpaired) electrons. The summed E-state index contributed by atoms with van der Waals surface area (Å²) in [6, 6.07) is 1.87. The first-order valence-electron chi connectivity index (χ1n) is 6.66. The molecule has 1 heterocycles. The van der Waals surface area contributed by atoms with Gasteiger partial charge < -0.3 is 19.5 Å². The third-order valence-corrected chi connectivity index (χ3v) is 3.41. The van der Waals surface area contributed by atoms with Gasteiger partial charge in [0.2, 0.25) is 0 Å². The normalized spacial score (nSPS) is 18.6. The Balaban J connectivity index is 2.26. The molecule has 0 spiro atoms. The van der Waals surface area contributed by atoms with Crippen molar-refractivity contribution in [1.82, 2.24) is 4.90 Å². The molecule has 0 saturated carbocycles. The van der Waals surface area contributed by atoms with Crippen LogP contribution in [0.15, 0.2) is 18.2 Å². The molecule has 1 fully saturated rings. The molecule has 0 aromatic heterocycles. The van der Waals surface area contributed by atoms with Gasteiger partial charge in [-0.3, -0.25) is 10.1 Å². The number of rotatable bonds is 3. The predicted molar refractivity (Wildman–Crippen MR) is 68.7 cm³/mol. The Morgan fingerprint density at radius 3 is 2.65 bits per heavy atom. The number of carbonyl (C=O) groups is 1. The molecule has 7 nitrogen and oxygen atoms in total. The van der Waals surface area contributed by atoms with Gasteiger partial charge in [-0.1, -0.05) is 0 Å². The van der Waals surface area contributed by atoms with Crippen molar-refractivity contribution >= 4 is 11.8 Å². The van der Waals surface area contributed by atoms with Gasteiger partial charge in [0, 0.05) is 12.6 Å². The second-order valence-electron chi connectivity index (χ2n) is 5.03. The van der Waals surface area contributed by atoms with Crippen molar-refractivity contribution in [3.63, 3.8) is 0 Å². The summed E-state index contributed by atoms with van der Waals surface area (Å²) in [6.45, 7) is 0.114. The van der Waals surface area contributed by atoms with Crippen molar-refractivity contribution in [2.75, 3.05) is 13.1 Å². The molecule has 1 unspecified atom stereocenters. The number of nitro groups is 1. The zero-order chi connectivity index (χ0) is 17.2. The first-order valence-corrected chi connectivity index (χ1v) is 6.66. The number of amides is 1.